The van der Waals surface area contributed by atoms with Crippen molar-refractivity contribution in [1.82, 2.24) is 9.97 Å². The van der Waals surface area contributed by atoms with Crippen LogP contribution in [-0.2, 0) is 6.61 Å². The Kier molecular flexibility index (Phi) is 4.01. The summed E-state index contributed by atoms with van der Waals surface area (Å²) in [5.74, 6) is 0.796. The molecule has 0 aliphatic carbocycles. The highest BCUT2D eigenvalue weighted by molar-refractivity contribution is 5.40. The van der Waals surface area contributed by atoms with Crippen molar-refractivity contribution in [2.75, 3.05) is 11.4 Å². The van der Waals surface area contributed by atoms with Crippen molar-refractivity contribution in [3.63, 3.8) is 0 Å². The zero-order valence-corrected chi connectivity index (χ0v) is 10.1. The van der Waals surface area contributed by atoms with E-state index in [9.17, 15) is 0 Å². The fraction of sp³-hybridized carbons (Fsp3) is 0.500. The van der Waals surface area contributed by atoms with Gasteiger partial charge in [-0.15, -0.1) is 6.58 Å². The lowest BCUT2D eigenvalue weighted by atomic mass is 10.1. The van der Waals surface area contributed by atoms with Gasteiger partial charge in [-0.3, -0.25) is 4.98 Å². The lowest BCUT2D eigenvalue weighted by Crippen LogP contribution is -2.42. The topological polar surface area (TPSA) is 49.2 Å². The molecule has 0 saturated heterocycles. The fourth-order valence-corrected chi connectivity index (χ4v) is 1.41. The van der Waals surface area contributed by atoms with Gasteiger partial charge in [0.1, 0.15) is 5.82 Å². The van der Waals surface area contributed by atoms with Crippen LogP contribution in [0, 0.1) is 0 Å². The third-order valence-electron chi connectivity index (χ3n) is 2.25. The maximum absolute atomic E-state index is 8.90. The van der Waals surface area contributed by atoms with Crippen LogP contribution in [0.15, 0.2) is 25.0 Å². The summed E-state index contributed by atoms with van der Waals surface area (Å²) in [5, 5.41) is 8.90. The second-order valence-electron chi connectivity index (χ2n) is 4.59. The Morgan fingerprint density at radius 1 is 1.38 bits per heavy atom. The zero-order valence-electron chi connectivity index (χ0n) is 10.1. The predicted molar refractivity (Wildman–Crippen MR) is 65.3 cm³/mol. The molecule has 4 nitrogen and oxygen atoms in total. The van der Waals surface area contributed by atoms with E-state index in [1.807, 2.05) is 6.08 Å². The normalized spacial score (nSPS) is 11.2. The third kappa shape index (κ3) is 3.03. The number of rotatable bonds is 4. The molecule has 1 rings (SSSR count). The first-order valence-electron chi connectivity index (χ1n) is 5.29. The van der Waals surface area contributed by atoms with E-state index in [1.165, 1.54) is 0 Å². The molecule has 0 unspecified atom stereocenters. The van der Waals surface area contributed by atoms with Crippen LogP contribution in [0.1, 0.15) is 26.5 Å². The molecule has 0 bridgehead atoms. The minimum Gasteiger partial charge on any atom is -0.390 e. The Morgan fingerprint density at radius 3 is 2.44 bits per heavy atom. The molecule has 1 aromatic heterocycles. The standard InChI is InChI=1S/C12H19N3O/c1-5-6-15(12(2,3)4)11-8-13-10(9-16)7-14-11/h5,7-8,16H,1,6,9H2,2-4H3. The summed E-state index contributed by atoms with van der Waals surface area (Å²) in [6.07, 6.45) is 5.12. The summed E-state index contributed by atoms with van der Waals surface area (Å²) < 4.78 is 0. The van der Waals surface area contributed by atoms with Gasteiger partial charge in [0.25, 0.3) is 0 Å². The van der Waals surface area contributed by atoms with E-state index in [4.69, 9.17) is 5.11 Å². The number of aliphatic hydroxyl groups is 1. The molecular formula is C12H19N3O. The van der Waals surface area contributed by atoms with Crippen molar-refractivity contribution in [1.29, 1.82) is 0 Å². The van der Waals surface area contributed by atoms with Crippen molar-refractivity contribution in [2.45, 2.75) is 32.9 Å². The molecular weight excluding hydrogens is 202 g/mol. The van der Waals surface area contributed by atoms with Gasteiger partial charge in [-0.05, 0) is 20.8 Å². The summed E-state index contributed by atoms with van der Waals surface area (Å²) in [4.78, 5) is 10.5. The van der Waals surface area contributed by atoms with Crippen LogP contribution in [0.5, 0.6) is 0 Å². The number of anilines is 1. The first kappa shape index (κ1) is 12.6. The highest BCUT2D eigenvalue weighted by Gasteiger charge is 2.21. The Bertz CT molecular complexity index is 340. The van der Waals surface area contributed by atoms with Crippen LogP contribution in [0.4, 0.5) is 5.82 Å². The molecule has 0 aliphatic heterocycles. The molecule has 0 aliphatic rings. The first-order chi connectivity index (χ1) is 7.49. The molecule has 16 heavy (non-hydrogen) atoms. The van der Waals surface area contributed by atoms with Gasteiger partial charge < -0.3 is 10.0 Å². The van der Waals surface area contributed by atoms with Crippen molar-refractivity contribution >= 4 is 5.82 Å². The predicted octanol–water partition coefficient (Wildman–Crippen LogP) is 1.76. The van der Waals surface area contributed by atoms with Crippen LogP contribution in [0.2, 0.25) is 0 Å². The second kappa shape index (κ2) is 5.07. The van der Waals surface area contributed by atoms with E-state index in [0.29, 0.717) is 5.69 Å². The van der Waals surface area contributed by atoms with Crippen LogP contribution >= 0.6 is 0 Å². The van der Waals surface area contributed by atoms with Crippen LogP contribution in [0.3, 0.4) is 0 Å². The summed E-state index contributed by atoms with van der Waals surface area (Å²) >= 11 is 0. The lowest BCUT2D eigenvalue weighted by Gasteiger charge is -2.35. The smallest absolute Gasteiger partial charge is 0.147 e. The van der Waals surface area contributed by atoms with Gasteiger partial charge in [0, 0.05) is 12.1 Å². The van der Waals surface area contributed by atoms with Gasteiger partial charge in [0.15, 0.2) is 0 Å². The van der Waals surface area contributed by atoms with Crippen molar-refractivity contribution < 1.29 is 5.11 Å². The van der Waals surface area contributed by atoms with E-state index in [2.05, 4.69) is 42.2 Å². The van der Waals surface area contributed by atoms with Gasteiger partial charge in [0.2, 0.25) is 0 Å². The second-order valence-corrected chi connectivity index (χ2v) is 4.59. The molecule has 1 heterocycles. The maximum atomic E-state index is 8.90. The Balaban J connectivity index is 2.97. The summed E-state index contributed by atoms with van der Waals surface area (Å²) in [7, 11) is 0. The average molecular weight is 221 g/mol. The van der Waals surface area contributed by atoms with Gasteiger partial charge >= 0.3 is 0 Å². The summed E-state index contributed by atoms with van der Waals surface area (Å²) in [5.41, 5.74) is 0.542. The summed E-state index contributed by atoms with van der Waals surface area (Å²) in [6, 6.07) is 0. The molecule has 0 saturated carbocycles. The molecule has 88 valence electrons. The van der Waals surface area contributed by atoms with Crippen LogP contribution < -0.4 is 4.90 Å². The molecule has 0 amide bonds. The zero-order chi connectivity index (χ0) is 12.2. The van der Waals surface area contributed by atoms with Gasteiger partial charge in [-0.2, -0.15) is 0 Å². The van der Waals surface area contributed by atoms with Gasteiger partial charge in [-0.25, -0.2) is 4.98 Å². The minimum absolute atomic E-state index is 0.0381. The molecule has 0 radical (unpaired) electrons. The SMILES string of the molecule is C=CCN(c1cnc(CO)cn1)C(C)(C)C. The maximum Gasteiger partial charge on any atom is 0.147 e. The largest absolute Gasteiger partial charge is 0.390 e. The monoisotopic (exact) mass is 221 g/mol. The quantitative estimate of drug-likeness (QED) is 0.787. The van der Waals surface area contributed by atoms with Crippen molar-refractivity contribution in [2.24, 2.45) is 0 Å². The number of hydrogen-bond donors (Lipinski definition) is 1. The fourth-order valence-electron chi connectivity index (χ4n) is 1.41. The lowest BCUT2D eigenvalue weighted by molar-refractivity contribution is 0.276. The van der Waals surface area contributed by atoms with Gasteiger partial charge in [-0.1, -0.05) is 6.08 Å². The summed E-state index contributed by atoms with van der Waals surface area (Å²) in [6.45, 7) is 10.7. The first-order valence-corrected chi connectivity index (χ1v) is 5.29. The van der Waals surface area contributed by atoms with E-state index in [0.717, 1.165) is 12.4 Å². The number of aliphatic hydroxyl groups excluding tert-OH is 1. The highest BCUT2D eigenvalue weighted by Crippen LogP contribution is 2.20. The van der Waals surface area contributed by atoms with Gasteiger partial charge in [0.05, 0.1) is 24.7 Å². The van der Waals surface area contributed by atoms with Crippen LogP contribution in [-0.4, -0.2) is 27.2 Å². The molecule has 0 spiro atoms. The van der Waals surface area contributed by atoms with E-state index >= 15 is 0 Å². The van der Waals surface area contributed by atoms with E-state index in [1.54, 1.807) is 12.4 Å². The molecule has 0 aromatic carbocycles. The molecule has 0 fully saturated rings. The Morgan fingerprint density at radius 2 is 2.06 bits per heavy atom. The molecule has 1 aromatic rings. The minimum atomic E-state index is -0.0791. The number of nitrogens with zero attached hydrogens (tertiary/aromatic N) is 3. The van der Waals surface area contributed by atoms with Crippen LogP contribution in [0.25, 0.3) is 0 Å². The molecule has 0 atom stereocenters. The Labute approximate surface area is 96.7 Å². The molecule has 1 N–H and O–H groups in total. The molecule has 4 heteroatoms. The number of hydrogen-bond acceptors (Lipinski definition) is 4. The van der Waals surface area contributed by atoms with Crippen molar-refractivity contribution in [3.8, 4) is 0 Å². The number of aromatic nitrogens is 2. The van der Waals surface area contributed by atoms with E-state index in [-0.39, 0.29) is 12.1 Å². The van der Waals surface area contributed by atoms with Crippen molar-refractivity contribution in [3.05, 3.63) is 30.7 Å². The van der Waals surface area contributed by atoms with E-state index < -0.39 is 0 Å². The Hall–Kier alpha value is -1.42. The average Bonchev–Trinajstić information content (AvgIpc) is 2.25. The third-order valence-corrected chi connectivity index (χ3v) is 2.25. The highest BCUT2D eigenvalue weighted by atomic mass is 16.3.